The van der Waals surface area contributed by atoms with E-state index in [0.29, 0.717) is 5.41 Å². The topological polar surface area (TPSA) is 38.0 Å². The van der Waals surface area contributed by atoms with Crippen molar-refractivity contribution in [1.82, 2.24) is 9.55 Å². The van der Waals surface area contributed by atoms with Crippen molar-refractivity contribution in [3.8, 4) is 0 Å². The van der Waals surface area contributed by atoms with E-state index in [0.717, 1.165) is 37.9 Å². The number of aliphatic hydroxyl groups is 1. The van der Waals surface area contributed by atoms with Gasteiger partial charge >= 0.3 is 0 Å². The molecule has 15 heavy (non-hydrogen) atoms. The zero-order valence-electron chi connectivity index (χ0n) is 9.61. The van der Waals surface area contributed by atoms with Gasteiger partial charge in [0.15, 0.2) is 0 Å². The summed E-state index contributed by atoms with van der Waals surface area (Å²) in [5, 5.41) is 9.56. The number of rotatable bonds is 3. The Morgan fingerprint density at radius 1 is 1.67 bits per heavy atom. The molecule has 1 saturated carbocycles. The molecular weight excluding hydrogens is 188 g/mol. The summed E-state index contributed by atoms with van der Waals surface area (Å²) in [5.74, 6) is 1.15. The molecule has 0 saturated heterocycles. The fourth-order valence-electron chi connectivity index (χ4n) is 2.57. The first-order valence-electron chi connectivity index (χ1n) is 5.73. The number of aromatic nitrogens is 2. The van der Waals surface area contributed by atoms with Crippen molar-refractivity contribution >= 4 is 0 Å². The lowest BCUT2D eigenvalue weighted by Gasteiger charge is -2.23. The molecule has 84 valence electrons. The fraction of sp³-hybridized carbons (Fsp3) is 0.750. The lowest BCUT2D eigenvalue weighted by molar-refractivity contribution is 0.160. The van der Waals surface area contributed by atoms with E-state index in [4.69, 9.17) is 0 Å². The van der Waals surface area contributed by atoms with Gasteiger partial charge < -0.3 is 9.67 Å². The van der Waals surface area contributed by atoms with Crippen LogP contribution < -0.4 is 0 Å². The van der Waals surface area contributed by atoms with Crippen molar-refractivity contribution in [3.63, 3.8) is 0 Å². The van der Waals surface area contributed by atoms with E-state index in [-0.39, 0.29) is 6.10 Å². The van der Waals surface area contributed by atoms with Crippen LogP contribution in [0.25, 0.3) is 0 Å². The summed E-state index contributed by atoms with van der Waals surface area (Å²) in [7, 11) is 2.04. The van der Waals surface area contributed by atoms with Gasteiger partial charge in [0.05, 0.1) is 6.10 Å². The van der Waals surface area contributed by atoms with Crippen LogP contribution in [0.3, 0.4) is 0 Å². The molecule has 0 aliphatic heterocycles. The molecule has 1 fully saturated rings. The standard InChI is InChI=1S/C12H20N2O/c1-12(5-3-10(15)9-12)6-4-11-13-7-8-14(11)2/h7-8,10,15H,3-6,9H2,1-2H3. The Balaban J connectivity index is 1.91. The van der Waals surface area contributed by atoms with Crippen LogP contribution in [-0.2, 0) is 13.5 Å². The Bertz CT molecular complexity index is 334. The summed E-state index contributed by atoms with van der Waals surface area (Å²) in [4.78, 5) is 4.33. The van der Waals surface area contributed by atoms with Gasteiger partial charge in [0.25, 0.3) is 0 Å². The quantitative estimate of drug-likeness (QED) is 0.824. The van der Waals surface area contributed by atoms with Gasteiger partial charge in [0.2, 0.25) is 0 Å². The highest BCUT2D eigenvalue weighted by molar-refractivity contribution is 4.94. The molecule has 3 nitrogen and oxygen atoms in total. The van der Waals surface area contributed by atoms with Crippen LogP contribution in [0.4, 0.5) is 0 Å². The Hall–Kier alpha value is -0.830. The van der Waals surface area contributed by atoms with E-state index in [1.165, 1.54) is 0 Å². The summed E-state index contributed by atoms with van der Waals surface area (Å²) in [6, 6.07) is 0. The zero-order valence-corrected chi connectivity index (χ0v) is 9.61. The minimum absolute atomic E-state index is 0.0728. The summed E-state index contributed by atoms with van der Waals surface area (Å²) in [6.07, 6.45) is 8.99. The van der Waals surface area contributed by atoms with Crippen molar-refractivity contribution in [3.05, 3.63) is 18.2 Å². The van der Waals surface area contributed by atoms with Gasteiger partial charge in [-0.2, -0.15) is 0 Å². The van der Waals surface area contributed by atoms with Crippen LogP contribution >= 0.6 is 0 Å². The van der Waals surface area contributed by atoms with Gasteiger partial charge in [0, 0.05) is 25.9 Å². The average Bonchev–Trinajstić information content (AvgIpc) is 2.71. The molecule has 0 spiro atoms. The lowest BCUT2D eigenvalue weighted by Crippen LogP contribution is -2.15. The molecule has 1 aromatic heterocycles. The van der Waals surface area contributed by atoms with Crippen molar-refractivity contribution < 1.29 is 5.11 Å². The van der Waals surface area contributed by atoms with Crippen molar-refractivity contribution in [2.75, 3.05) is 0 Å². The highest BCUT2D eigenvalue weighted by atomic mass is 16.3. The highest BCUT2D eigenvalue weighted by Crippen LogP contribution is 2.41. The smallest absolute Gasteiger partial charge is 0.108 e. The predicted molar refractivity (Wildman–Crippen MR) is 59.5 cm³/mol. The fourth-order valence-corrected chi connectivity index (χ4v) is 2.57. The lowest BCUT2D eigenvalue weighted by atomic mass is 9.83. The molecule has 2 rings (SSSR count). The molecule has 0 radical (unpaired) electrons. The van der Waals surface area contributed by atoms with Crippen LogP contribution in [0.15, 0.2) is 12.4 Å². The second kappa shape index (κ2) is 3.97. The number of hydrogen-bond acceptors (Lipinski definition) is 2. The minimum atomic E-state index is -0.0728. The molecule has 0 aromatic carbocycles. The molecule has 1 N–H and O–H groups in total. The van der Waals surface area contributed by atoms with E-state index in [2.05, 4.69) is 16.5 Å². The SMILES string of the molecule is Cn1ccnc1CCC1(C)CCC(O)C1. The summed E-state index contributed by atoms with van der Waals surface area (Å²) < 4.78 is 2.08. The first-order valence-corrected chi connectivity index (χ1v) is 5.73. The number of hydrogen-bond donors (Lipinski definition) is 1. The summed E-state index contributed by atoms with van der Waals surface area (Å²) in [6.45, 7) is 2.28. The molecule has 0 bridgehead atoms. The van der Waals surface area contributed by atoms with E-state index < -0.39 is 0 Å². The van der Waals surface area contributed by atoms with E-state index in [1.54, 1.807) is 0 Å². The second-order valence-corrected chi connectivity index (χ2v) is 5.16. The first kappa shape index (κ1) is 10.7. The van der Waals surface area contributed by atoms with Crippen LogP contribution in [-0.4, -0.2) is 20.8 Å². The maximum atomic E-state index is 9.56. The monoisotopic (exact) mass is 208 g/mol. The van der Waals surface area contributed by atoms with Gasteiger partial charge in [-0.1, -0.05) is 6.92 Å². The zero-order chi connectivity index (χ0) is 10.9. The maximum absolute atomic E-state index is 9.56. The normalized spacial score (nSPS) is 31.0. The van der Waals surface area contributed by atoms with Gasteiger partial charge in [-0.3, -0.25) is 0 Å². The molecule has 2 atom stereocenters. The third kappa shape index (κ3) is 2.40. The Morgan fingerprint density at radius 2 is 2.47 bits per heavy atom. The van der Waals surface area contributed by atoms with Crippen LogP contribution in [0.2, 0.25) is 0 Å². The molecule has 1 aromatic rings. The minimum Gasteiger partial charge on any atom is -0.393 e. The van der Waals surface area contributed by atoms with Crippen LogP contribution in [0.5, 0.6) is 0 Å². The Labute approximate surface area is 91.1 Å². The Morgan fingerprint density at radius 3 is 3.00 bits per heavy atom. The van der Waals surface area contributed by atoms with Crippen molar-refractivity contribution in [2.24, 2.45) is 12.5 Å². The molecule has 1 aliphatic rings. The molecule has 1 heterocycles. The predicted octanol–water partition coefficient (Wildman–Crippen LogP) is 1.90. The largest absolute Gasteiger partial charge is 0.393 e. The molecule has 3 heteroatoms. The molecule has 2 unspecified atom stereocenters. The molecular formula is C12H20N2O. The number of aryl methyl sites for hydroxylation is 2. The van der Waals surface area contributed by atoms with Gasteiger partial charge in [-0.05, 0) is 31.1 Å². The summed E-state index contributed by atoms with van der Waals surface area (Å²) >= 11 is 0. The van der Waals surface area contributed by atoms with E-state index in [1.807, 2.05) is 19.4 Å². The summed E-state index contributed by atoms with van der Waals surface area (Å²) in [5.41, 5.74) is 0.325. The number of imidazole rings is 1. The number of nitrogens with zero attached hydrogens (tertiary/aromatic N) is 2. The molecule has 1 aliphatic carbocycles. The van der Waals surface area contributed by atoms with Gasteiger partial charge in [-0.25, -0.2) is 4.98 Å². The van der Waals surface area contributed by atoms with E-state index >= 15 is 0 Å². The van der Waals surface area contributed by atoms with E-state index in [9.17, 15) is 5.11 Å². The third-order valence-corrected chi connectivity index (χ3v) is 3.68. The van der Waals surface area contributed by atoms with Gasteiger partial charge in [-0.15, -0.1) is 0 Å². The third-order valence-electron chi connectivity index (χ3n) is 3.68. The van der Waals surface area contributed by atoms with Crippen LogP contribution in [0.1, 0.15) is 38.4 Å². The number of aliphatic hydroxyl groups excluding tert-OH is 1. The highest BCUT2D eigenvalue weighted by Gasteiger charge is 2.33. The maximum Gasteiger partial charge on any atom is 0.108 e. The van der Waals surface area contributed by atoms with Crippen LogP contribution in [0, 0.1) is 5.41 Å². The van der Waals surface area contributed by atoms with Crippen molar-refractivity contribution in [1.29, 1.82) is 0 Å². The molecule has 0 amide bonds. The Kier molecular flexibility index (Phi) is 2.83. The first-order chi connectivity index (χ1) is 7.09. The average molecular weight is 208 g/mol. The second-order valence-electron chi connectivity index (χ2n) is 5.16. The van der Waals surface area contributed by atoms with Gasteiger partial charge in [0.1, 0.15) is 5.82 Å². The van der Waals surface area contributed by atoms with Crippen molar-refractivity contribution in [2.45, 2.75) is 45.1 Å².